The van der Waals surface area contributed by atoms with Crippen LogP contribution in [0.15, 0.2) is 16.6 Å². The van der Waals surface area contributed by atoms with Gasteiger partial charge in [-0.15, -0.1) is 0 Å². The van der Waals surface area contributed by atoms with Gasteiger partial charge in [-0.2, -0.15) is 0 Å². The van der Waals surface area contributed by atoms with Gasteiger partial charge in [-0.25, -0.2) is 4.39 Å². The van der Waals surface area contributed by atoms with E-state index >= 15 is 0 Å². The van der Waals surface area contributed by atoms with Gasteiger partial charge in [0.15, 0.2) is 5.82 Å². The molecule has 4 nitrogen and oxygen atoms in total. The molecule has 0 atom stereocenters. The highest BCUT2D eigenvalue weighted by Crippen LogP contribution is 2.32. The molecular formula is C9H11BrFNO3Si. The van der Waals surface area contributed by atoms with Crippen LogP contribution >= 0.6 is 15.9 Å². The van der Waals surface area contributed by atoms with Gasteiger partial charge in [0.05, 0.1) is 15.5 Å². The Kier molecular flexibility index (Phi) is 3.69. The van der Waals surface area contributed by atoms with Gasteiger partial charge in [-0.3, -0.25) is 10.1 Å². The minimum absolute atomic E-state index is 0.0610. The summed E-state index contributed by atoms with van der Waals surface area (Å²) in [7, 11) is -1.98. The van der Waals surface area contributed by atoms with Gasteiger partial charge < -0.3 is 4.43 Å². The molecule has 0 spiro atoms. The molecule has 0 saturated heterocycles. The first-order chi connectivity index (χ1) is 7.20. The first kappa shape index (κ1) is 13.1. The maximum atomic E-state index is 13.5. The van der Waals surface area contributed by atoms with Crippen molar-refractivity contribution in [2.24, 2.45) is 0 Å². The Bertz CT molecular complexity index is 433. The third-order valence-corrected chi connectivity index (χ3v) is 3.08. The molecule has 0 heterocycles. The number of hydrogen-bond donors (Lipinski definition) is 0. The van der Waals surface area contributed by atoms with Gasteiger partial charge in [0.25, 0.3) is 5.69 Å². The summed E-state index contributed by atoms with van der Waals surface area (Å²) >= 11 is 2.94. The lowest BCUT2D eigenvalue weighted by atomic mass is 10.3. The van der Waals surface area contributed by atoms with E-state index in [0.29, 0.717) is 0 Å². The topological polar surface area (TPSA) is 52.4 Å². The second-order valence-electron chi connectivity index (χ2n) is 4.21. The predicted octanol–water partition coefficient (Wildman–Crippen LogP) is 3.71. The van der Waals surface area contributed by atoms with Crippen molar-refractivity contribution in [3.8, 4) is 5.75 Å². The first-order valence-corrected chi connectivity index (χ1v) is 8.73. The molecule has 1 aromatic rings. The molecule has 16 heavy (non-hydrogen) atoms. The molecule has 0 radical (unpaired) electrons. The van der Waals surface area contributed by atoms with E-state index in [-0.39, 0.29) is 15.9 Å². The van der Waals surface area contributed by atoms with Crippen LogP contribution in [0.3, 0.4) is 0 Å². The monoisotopic (exact) mass is 307 g/mol. The van der Waals surface area contributed by atoms with Crippen molar-refractivity contribution in [2.45, 2.75) is 19.6 Å². The van der Waals surface area contributed by atoms with Crippen molar-refractivity contribution in [2.75, 3.05) is 0 Å². The molecule has 1 rings (SSSR count). The minimum atomic E-state index is -1.98. The van der Waals surface area contributed by atoms with Crippen molar-refractivity contribution in [3.63, 3.8) is 0 Å². The van der Waals surface area contributed by atoms with E-state index in [1.54, 1.807) is 0 Å². The Morgan fingerprint density at radius 1 is 1.44 bits per heavy atom. The van der Waals surface area contributed by atoms with Crippen LogP contribution in [0.25, 0.3) is 0 Å². The van der Waals surface area contributed by atoms with Crippen LogP contribution in [0.2, 0.25) is 19.6 Å². The number of rotatable bonds is 3. The number of halogens is 2. The maximum absolute atomic E-state index is 13.5. The number of hydrogen-bond acceptors (Lipinski definition) is 3. The van der Waals surface area contributed by atoms with Crippen LogP contribution in [0.1, 0.15) is 0 Å². The Hall–Kier alpha value is -0.953. The summed E-state index contributed by atoms with van der Waals surface area (Å²) in [5.74, 6) is -0.658. The predicted molar refractivity (Wildman–Crippen MR) is 64.7 cm³/mol. The molecular weight excluding hydrogens is 297 g/mol. The van der Waals surface area contributed by atoms with E-state index in [9.17, 15) is 14.5 Å². The summed E-state index contributed by atoms with van der Waals surface area (Å²) in [6.45, 7) is 5.63. The molecule has 7 heteroatoms. The van der Waals surface area contributed by atoms with Gasteiger partial charge in [0.2, 0.25) is 8.32 Å². The Morgan fingerprint density at radius 2 is 2.00 bits per heavy atom. The highest BCUT2D eigenvalue weighted by atomic mass is 79.9. The maximum Gasteiger partial charge on any atom is 0.287 e. The molecule has 1 aromatic carbocycles. The Balaban J connectivity index is 3.20. The largest absolute Gasteiger partial charge is 0.542 e. The van der Waals surface area contributed by atoms with Crippen molar-refractivity contribution >= 4 is 29.9 Å². The van der Waals surface area contributed by atoms with Crippen LogP contribution in [-0.2, 0) is 0 Å². The van der Waals surface area contributed by atoms with E-state index < -0.39 is 19.1 Å². The van der Waals surface area contributed by atoms with Crippen molar-refractivity contribution < 1.29 is 13.7 Å². The average molecular weight is 308 g/mol. The van der Waals surface area contributed by atoms with E-state index in [4.69, 9.17) is 4.43 Å². The molecule has 0 saturated carbocycles. The van der Waals surface area contributed by atoms with Crippen molar-refractivity contribution in [3.05, 3.63) is 32.5 Å². The smallest absolute Gasteiger partial charge is 0.287 e. The molecule has 0 aliphatic heterocycles. The summed E-state index contributed by atoms with van der Waals surface area (Å²) in [6, 6.07) is 2.16. The van der Waals surface area contributed by atoms with Gasteiger partial charge in [0, 0.05) is 0 Å². The minimum Gasteiger partial charge on any atom is -0.542 e. The molecule has 0 fully saturated rings. The van der Waals surface area contributed by atoms with Crippen LogP contribution in [0, 0.1) is 15.9 Å². The number of nitrogens with zero attached hydrogens (tertiary/aromatic N) is 1. The lowest BCUT2D eigenvalue weighted by Gasteiger charge is -2.19. The van der Waals surface area contributed by atoms with E-state index in [2.05, 4.69) is 15.9 Å². The summed E-state index contributed by atoms with van der Waals surface area (Å²) in [5.41, 5.74) is -0.199. The van der Waals surface area contributed by atoms with E-state index in [1.807, 2.05) is 19.6 Å². The van der Waals surface area contributed by atoms with Crippen LogP contribution in [0.5, 0.6) is 5.75 Å². The zero-order chi connectivity index (χ0) is 12.5. The molecule has 0 amide bonds. The molecule has 0 bridgehead atoms. The van der Waals surface area contributed by atoms with Gasteiger partial charge in [-0.05, 0) is 41.6 Å². The highest BCUT2D eigenvalue weighted by Gasteiger charge is 2.22. The first-order valence-electron chi connectivity index (χ1n) is 4.53. The fourth-order valence-corrected chi connectivity index (χ4v) is 2.34. The van der Waals surface area contributed by atoms with Crippen LogP contribution < -0.4 is 4.43 Å². The Morgan fingerprint density at radius 3 is 2.44 bits per heavy atom. The number of nitro benzene ring substituents is 1. The number of benzene rings is 1. The standard InChI is InChI=1S/C9H11BrFNO3Si/c1-16(2,3)15-9-5-8(12(13)14)6(10)4-7(9)11/h4-5H,1-3H3. The highest BCUT2D eigenvalue weighted by molar-refractivity contribution is 9.10. The molecule has 0 N–H and O–H groups in total. The Labute approximate surface area is 102 Å². The van der Waals surface area contributed by atoms with Crippen molar-refractivity contribution in [1.29, 1.82) is 0 Å². The quantitative estimate of drug-likeness (QED) is 0.486. The summed E-state index contributed by atoms with van der Waals surface area (Å²) in [4.78, 5) is 10.1. The number of nitro groups is 1. The third-order valence-electron chi connectivity index (χ3n) is 1.61. The molecule has 0 aliphatic rings. The average Bonchev–Trinajstić information content (AvgIpc) is 2.07. The second-order valence-corrected chi connectivity index (χ2v) is 9.49. The summed E-state index contributed by atoms with van der Waals surface area (Å²) < 4.78 is 19.0. The van der Waals surface area contributed by atoms with Crippen LogP contribution in [-0.4, -0.2) is 13.2 Å². The van der Waals surface area contributed by atoms with E-state index in [1.165, 1.54) is 0 Å². The molecule has 0 unspecified atom stereocenters. The zero-order valence-corrected chi connectivity index (χ0v) is 11.7. The fourth-order valence-electron chi connectivity index (χ4n) is 1.07. The van der Waals surface area contributed by atoms with Gasteiger partial charge in [-0.1, -0.05) is 0 Å². The second kappa shape index (κ2) is 4.50. The molecule has 0 aliphatic carbocycles. The summed E-state index contributed by atoms with van der Waals surface area (Å²) in [5, 5.41) is 10.7. The normalized spacial score (nSPS) is 11.3. The fraction of sp³-hybridized carbons (Fsp3) is 0.333. The molecule has 88 valence electrons. The lowest BCUT2D eigenvalue weighted by Crippen LogP contribution is -2.29. The SMILES string of the molecule is C[Si](C)(C)Oc1cc([N+](=O)[O-])c(Br)cc1F. The lowest BCUT2D eigenvalue weighted by molar-refractivity contribution is -0.385. The van der Waals surface area contributed by atoms with Gasteiger partial charge in [0.1, 0.15) is 5.75 Å². The molecule has 0 aromatic heterocycles. The third kappa shape index (κ3) is 3.27. The van der Waals surface area contributed by atoms with Crippen LogP contribution in [0.4, 0.5) is 10.1 Å². The van der Waals surface area contributed by atoms with Crippen molar-refractivity contribution in [1.82, 2.24) is 0 Å². The van der Waals surface area contributed by atoms with E-state index in [0.717, 1.165) is 12.1 Å². The summed E-state index contributed by atoms with van der Waals surface area (Å²) in [6.07, 6.45) is 0. The van der Waals surface area contributed by atoms with Gasteiger partial charge >= 0.3 is 0 Å². The zero-order valence-electron chi connectivity index (χ0n) is 9.08.